The topological polar surface area (TPSA) is 69.9 Å². The van der Waals surface area contributed by atoms with E-state index in [4.69, 9.17) is 4.74 Å². The van der Waals surface area contributed by atoms with Gasteiger partial charge in [-0.1, -0.05) is 11.8 Å². The number of aryl methyl sites for hydroxylation is 2. The molecule has 0 atom stereocenters. The number of carbonyl (C=O) groups excluding carboxylic acids is 1. The Labute approximate surface area is 108 Å². The van der Waals surface area contributed by atoms with Crippen molar-refractivity contribution in [3.63, 3.8) is 0 Å². The van der Waals surface area contributed by atoms with Gasteiger partial charge in [0.2, 0.25) is 0 Å². The number of ether oxygens (including phenoxy) is 1. The van der Waals surface area contributed by atoms with Crippen LogP contribution in [-0.2, 0) is 11.8 Å². The van der Waals surface area contributed by atoms with Crippen LogP contribution < -0.4 is 0 Å². The van der Waals surface area contributed by atoms with Gasteiger partial charge in [0.1, 0.15) is 16.4 Å². The second-order valence-corrected chi connectivity index (χ2v) is 4.64. The van der Waals surface area contributed by atoms with Crippen molar-refractivity contribution in [2.24, 2.45) is 7.05 Å². The molecule has 0 aromatic carbocycles. The molecule has 7 heteroatoms. The lowest BCUT2D eigenvalue weighted by Crippen LogP contribution is -2.06. The molecule has 2 aromatic heterocycles. The fourth-order valence-corrected chi connectivity index (χ4v) is 2.29. The smallest absolute Gasteiger partial charge is 0.342 e. The van der Waals surface area contributed by atoms with Gasteiger partial charge in [-0.3, -0.25) is 4.68 Å². The standard InChI is InChI=1S/C11H12N4O2S/c1-7-12-5-9(11(16)17-3)10(14-7)18-8-4-13-15(2)6-8/h4-6H,1-3H3. The first kappa shape index (κ1) is 12.6. The van der Waals surface area contributed by atoms with Crippen LogP contribution in [0.1, 0.15) is 16.2 Å². The molecule has 2 aromatic rings. The summed E-state index contributed by atoms with van der Waals surface area (Å²) in [5.41, 5.74) is 0.358. The normalized spacial score (nSPS) is 10.4. The maximum atomic E-state index is 11.6. The quantitative estimate of drug-likeness (QED) is 0.617. The molecule has 0 saturated heterocycles. The van der Waals surface area contributed by atoms with E-state index in [1.165, 1.54) is 25.1 Å². The summed E-state index contributed by atoms with van der Waals surface area (Å²) >= 11 is 1.36. The first-order chi connectivity index (χ1) is 8.60. The van der Waals surface area contributed by atoms with Crippen molar-refractivity contribution in [2.45, 2.75) is 16.8 Å². The number of nitrogens with zero attached hydrogens (tertiary/aromatic N) is 4. The number of rotatable bonds is 3. The van der Waals surface area contributed by atoms with Crippen molar-refractivity contribution in [1.29, 1.82) is 0 Å². The molecule has 18 heavy (non-hydrogen) atoms. The number of methoxy groups -OCH3 is 1. The Bertz CT molecular complexity index is 582. The van der Waals surface area contributed by atoms with E-state index in [1.54, 1.807) is 17.8 Å². The Morgan fingerprint density at radius 1 is 1.44 bits per heavy atom. The minimum atomic E-state index is -0.443. The number of hydrogen-bond donors (Lipinski definition) is 0. The van der Waals surface area contributed by atoms with Gasteiger partial charge in [0.15, 0.2) is 0 Å². The summed E-state index contributed by atoms with van der Waals surface area (Å²) in [6.45, 7) is 1.77. The number of esters is 1. The van der Waals surface area contributed by atoms with Gasteiger partial charge in [-0.25, -0.2) is 14.8 Å². The zero-order valence-corrected chi connectivity index (χ0v) is 11.1. The van der Waals surface area contributed by atoms with E-state index in [-0.39, 0.29) is 0 Å². The third-order valence-electron chi connectivity index (χ3n) is 2.18. The van der Waals surface area contributed by atoms with Gasteiger partial charge < -0.3 is 4.74 Å². The molecule has 0 saturated carbocycles. The van der Waals surface area contributed by atoms with Gasteiger partial charge in [0, 0.05) is 19.4 Å². The monoisotopic (exact) mass is 264 g/mol. The number of carbonyl (C=O) groups is 1. The largest absolute Gasteiger partial charge is 0.465 e. The van der Waals surface area contributed by atoms with Crippen LogP contribution in [0, 0.1) is 6.92 Å². The van der Waals surface area contributed by atoms with E-state index < -0.39 is 5.97 Å². The Morgan fingerprint density at radius 3 is 2.83 bits per heavy atom. The van der Waals surface area contributed by atoms with Crippen molar-refractivity contribution in [1.82, 2.24) is 19.7 Å². The van der Waals surface area contributed by atoms with Gasteiger partial charge >= 0.3 is 5.97 Å². The van der Waals surface area contributed by atoms with Gasteiger partial charge in [0.25, 0.3) is 0 Å². The predicted molar refractivity (Wildman–Crippen MR) is 65.4 cm³/mol. The summed E-state index contributed by atoms with van der Waals surface area (Å²) in [6, 6.07) is 0. The molecule has 0 aliphatic heterocycles. The third kappa shape index (κ3) is 2.67. The maximum absolute atomic E-state index is 11.6. The summed E-state index contributed by atoms with van der Waals surface area (Å²) < 4.78 is 6.40. The number of aromatic nitrogens is 4. The van der Waals surface area contributed by atoms with Crippen LogP contribution in [0.15, 0.2) is 28.5 Å². The second kappa shape index (κ2) is 5.18. The van der Waals surface area contributed by atoms with E-state index in [9.17, 15) is 4.79 Å². The van der Waals surface area contributed by atoms with Gasteiger partial charge in [-0.2, -0.15) is 5.10 Å². The molecule has 0 fully saturated rings. The summed E-state index contributed by atoms with van der Waals surface area (Å²) in [6.07, 6.45) is 5.04. The minimum absolute atomic E-state index is 0.358. The molecule has 2 heterocycles. The minimum Gasteiger partial charge on any atom is -0.465 e. The van der Waals surface area contributed by atoms with Crippen molar-refractivity contribution >= 4 is 17.7 Å². The molecule has 2 rings (SSSR count). The van der Waals surface area contributed by atoms with Gasteiger partial charge in [-0.15, -0.1) is 0 Å². The lowest BCUT2D eigenvalue weighted by Gasteiger charge is -2.05. The van der Waals surface area contributed by atoms with Crippen molar-refractivity contribution in [2.75, 3.05) is 7.11 Å². The highest BCUT2D eigenvalue weighted by Crippen LogP contribution is 2.28. The van der Waals surface area contributed by atoms with Crippen LogP contribution in [0.3, 0.4) is 0 Å². The molecular formula is C11H12N4O2S. The highest BCUT2D eigenvalue weighted by molar-refractivity contribution is 7.99. The van der Waals surface area contributed by atoms with Crippen LogP contribution in [0.2, 0.25) is 0 Å². The highest BCUT2D eigenvalue weighted by atomic mass is 32.2. The molecular weight excluding hydrogens is 252 g/mol. The summed E-state index contributed by atoms with van der Waals surface area (Å²) in [5.74, 6) is 0.162. The molecule has 0 aliphatic carbocycles. The average Bonchev–Trinajstić information content (AvgIpc) is 2.74. The maximum Gasteiger partial charge on any atom is 0.342 e. The van der Waals surface area contributed by atoms with E-state index in [0.717, 1.165) is 4.90 Å². The van der Waals surface area contributed by atoms with Crippen molar-refractivity contribution in [3.05, 3.63) is 30.0 Å². The fraction of sp³-hybridized carbons (Fsp3) is 0.273. The lowest BCUT2D eigenvalue weighted by atomic mass is 10.3. The Hall–Kier alpha value is -1.89. The van der Waals surface area contributed by atoms with E-state index >= 15 is 0 Å². The highest BCUT2D eigenvalue weighted by Gasteiger charge is 2.16. The van der Waals surface area contributed by atoms with Crippen LogP contribution in [0.25, 0.3) is 0 Å². The van der Waals surface area contributed by atoms with Crippen LogP contribution in [0.5, 0.6) is 0 Å². The van der Waals surface area contributed by atoms with E-state index in [2.05, 4.69) is 15.1 Å². The molecule has 0 amide bonds. The van der Waals surface area contributed by atoms with Crippen molar-refractivity contribution < 1.29 is 9.53 Å². The Balaban J connectivity index is 2.36. The first-order valence-electron chi connectivity index (χ1n) is 5.18. The molecule has 0 bridgehead atoms. The molecule has 0 spiro atoms. The number of hydrogen-bond acceptors (Lipinski definition) is 6. The lowest BCUT2D eigenvalue weighted by molar-refractivity contribution is 0.0595. The molecule has 0 unspecified atom stereocenters. The van der Waals surface area contributed by atoms with E-state index in [0.29, 0.717) is 16.4 Å². The van der Waals surface area contributed by atoms with Crippen LogP contribution in [-0.4, -0.2) is 32.8 Å². The summed E-state index contributed by atoms with van der Waals surface area (Å²) in [4.78, 5) is 20.8. The van der Waals surface area contributed by atoms with Crippen LogP contribution in [0.4, 0.5) is 0 Å². The third-order valence-corrected chi connectivity index (χ3v) is 3.13. The van der Waals surface area contributed by atoms with E-state index in [1.807, 2.05) is 13.2 Å². The van der Waals surface area contributed by atoms with Gasteiger partial charge in [0.05, 0.1) is 18.2 Å². The second-order valence-electron chi connectivity index (χ2n) is 3.58. The van der Waals surface area contributed by atoms with Crippen molar-refractivity contribution in [3.8, 4) is 0 Å². The zero-order valence-electron chi connectivity index (χ0n) is 10.2. The molecule has 6 nitrogen and oxygen atoms in total. The molecule has 94 valence electrons. The SMILES string of the molecule is COC(=O)c1cnc(C)nc1Sc1cnn(C)c1. The molecule has 0 aliphatic rings. The molecule has 0 N–H and O–H groups in total. The average molecular weight is 264 g/mol. The Morgan fingerprint density at radius 2 is 2.22 bits per heavy atom. The summed E-state index contributed by atoms with van der Waals surface area (Å²) in [7, 11) is 3.16. The van der Waals surface area contributed by atoms with Gasteiger partial charge in [-0.05, 0) is 6.92 Å². The predicted octanol–water partition coefficient (Wildman–Crippen LogP) is 1.46. The fourth-order valence-electron chi connectivity index (χ4n) is 1.34. The Kier molecular flexibility index (Phi) is 3.61. The van der Waals surface area contributed by atoms with Crippen LogP contribution >= 0.6 is 11.8 Å². The summed E-state index contributed by atoms with van der Waals surface area (Å²) in [5, 5.41) is 4.64. The zero-order chi connectivity index (χ0) is 13.1. The molecule has 0 radical (unpaired) electrons. The first-order valence-corrected chi connectivity index (χ1v) is 6.00.